The molecule has 1 aliphatic rings. The van der Waals surface area contributed by atoms with Crippen LogP contribution in [0.3, 0.4) is 0 Å². The lowest BCUT2D eigenvalue weighted by Gasteiger charge is -2.32. The first-order valence-corrected chi connectivity index (χ1v) is 7.22. The molecule has 1 heteroatoms. The SMILES string of the molecule is CC.CC(C)(c1ccc(O)cc1)C1C=CCC=CC1. The fourth-order valence-electron chi connectivity index (χ4n) is 2.38. The van der Waals surface area contributed by atoms with Gasteiger partial charge < -0.3 is 5.11 Å². The monoisotopic (exact) mass is 258 g/mol. The molecule has 1 atom stereocenters. The van der Waals surface area contributed by atoms with Crippen LogP contribution in [0.5, 0.6) is 5.75 Å². The molecular weight excluding hydrogens is 232 g/mol. The Hall–Kier alpha value is -1.50. The Labute approximate surface area is 117 Å². The third kappa shape index (κ3) is 3.99. The minimum atomic E-state index is 0.0961. The third-order valence-electron chi connectivity index (χ3n) is 3.74. The number of rotatable bonds is 2. The minimum absolute atomic E-state index is 0.0961. The quantitative estimate of drug-likeness (QED) is 0.721. The standard InChI is InChI=1S/C16H20O.C2H6/c1-16(2,13-7-5-3-4-6-8-13)14-9-11-15(17)12-10-14;1-2/h3,5-6,8-13,17H,4,7H2,1-2H3;1-2H3. The molecule has 0 aliphatic heterocycles. The van der Waals surface area contributed by atoms with Gasteiger partial charge in [-0.1, -0.05) is 64.1 Å². The van der Waals surface area contributed by atoms with E-state index in [0.29, 0.717) is 11.7 Å². The lowest BCUT2D eigenvalue weighted by atomic mass is 9.72. The highest BCUT2D eigenvalue weighted by atomic mass is 16.3. The van der Waals surface area contributed by atoms with Gasteiger partial charge in [0.25, 0.3) is 0 Å². The fourth-order valence-corrected chi connectivity index (χ4v) is 2.38. The summed E-state index contributed by atoms with van der Waals surface area (Å²) in [6.45, 7) is 8.54. The summed E-state index contributed by atoms with van der Waals surface area (Å²) in [5.41, 5.74) is 1.37. The van der Waals surface area contributed by atoms with Crippen molar-refractivity contribution in [2.75, 3.05) is 0 Å². The summed E-state index contributed by atoms with van der Waals surface area (Å²) in [7, 11) is 0. The van der Waals surface area contributed by atoms with E-state index in [2.05, 4.69) is 38.2 Å². The Morgan fingerprint density at radius 1 is 1.00 bits per heavy atom. The number of phenolic OH excluding ortho intramolecular Hbond substituents is 1. The molecule has 1 aliphatic carbocycles. The second-order valence-corrected chi connectivity index (χ2v) is 5.25. The van der Waals surface area contributed by atoms with E-state index in [1.165, 1.54) is 5.56 Å². The van der Waals surface area contributed by atoms with Gasteiger partial charge in [0.1, 0.15) is 5.75 Å². The van der Waals surface area contributed by atoms with E-state index in [1.54, 1.807) is 12.1 Å². The van der Waals surface area contributed by atoms with Crippen LogP contribution < -0.4 is 0 Å². The molecule has 0 amide bonds. The topological polar surface area (TPSA) is 20.2 Å². The molecule has 2 rings (SSSR count). The summed E-state index contributed by atoms with van der Waals surface area (Å²) in [5.74, 6) is 0.853. The molecule has 0 saturated heterocycles. The van der Waals surface area contributed by atoms with Crippen molar-refractivity contribution in [2.24, 2.45) is 5.92 Å². The van der Waals surface area contributed by atoms with Crippen LogP contribution >= 0.6 is 0 Å². The summed E-state index contributed by atoms with van der Waals surface area (Å²) < 4.78 is 0. The molecule has 0 saturated carbocycles. The van der Waals surface area contributed by atoms with Crippen LogP contribution in [0.2, 0.25) is 0 Å². The van der Waals surface area contributed by atoms with Crippen molar-refractivity contribution in [3.05, 3.63) is 54.1 Å². The van der Waals surface area contributed by atoms with Gasteiger partial charge in [0, 0.05) is 0 Å². The van der Waals surface area contributed by atoms with Gasteiger partial charge in [-0.05, 0) is 41.9 Å². The number of allylic oxidation sites excluding steroid dienone is 4. The Kier molecular flexibility index (Phi) is 5.88. The lowest BCUT2D eigenvalue weighted by molar-refractivity contribution is 0.384. The smallest absolute Gasteiger partial charge is 0.115 e. The number of aromatic hydroxyl groups is 1. The first-order valence-electron chi connectivity index (χ1n) is 7.22. The molecule has 0 fully saturated rings. The maximum atomic E-state index is 9.35. The largest absolute Gasteiger partial charge is 0.508 e. The zero-order valence-electron chi connectivity index (χ0n) is 12.6. The van der Waals surface area contributed by atoms with E-state index < -0.39 is 0 Å². The molecule has 0 heterocycles. The molecule has 1 aromatic carbocycles. The number of hydrogen-bond donors (Lipinski definition) is 1. The van der Waals surface area contributed by atoms with Gasteiger partial charge in [0.15, 0.2) is 0 Å². The molecule has 0 aromatic heterocycles. The molecule has 1 nitrogen and oxygen atoms in total. The maximum Gasteiger partial charge on any atom is 0.115 e. The van der Waals surface area contributed by atoms with Crippen molar-refractivity contribution in [2.45, 2.75) is 46.0 Å². The first kappa shape index (κ1) is 15.6. The number of hydrogen-bond acceptors (Lipinski definition) is 1. The van der Waals surface area contributed by atoms with Gasteiger partial charge >= 0.3 is 0 Å². The fraction of sp³-hybridized carbons (Fsp3) is 0.444. The van der Waals surface area contributed by atoms with Gasteiger partial charge in [0.05, 0.1) is 0 Å². The summed E-state index contributed by atoms with van der Waals surface area (Å²) >= 11 is 0. The molecule has 0 bridgehead atoms. The molecule has 1 unspecified atom stereocenters. The van der Waals surface area contributed by atoms with E-state index in [0.717, 1.165) is 12.8 Å². The van der Waals surface area contributed by atoms with Crippen LogP contribution in [0.15, 0.2) is 48.6 Å². The average molecular weight is 258 g/mol. The van der Waals surface area contributed by atoms with E-state index in [9.17, 15) is 5.11 Å². The van der Waals surface area contributed by atoms with Crippen molar-refractivity contribution < 1.29 is 5.11 Å². The maximum absolute atomic E-state index is 9.35. The van der Waals surface area contributed by atoms with Gasteiger partial charge in [-0.3, -0.25) is 0 Å². The van der Waals surface area contributed by atoms with Gasteiger partial charge in [-0.2, -0.15) is 0 Å². The van der Waals surface area contributed by atoms with Crippen molar-refractivity contribution in [3.63, 3.8) is 0 Å². The molecule has 1 aromatic rings. The highest BCUT2D eigenvalue weighted by Crippen LogP contribution is 2.36. The highest BCUT2D eigenvalue weighted by Gasteiger charge is 2.28. The molecule has 0 radical (unpaired) electrons. The number of benzene rings is 1. The second kappa shape index (κ2) is 7.18. The third-order valence-corrected chi connectivity index (χ3v) is 3.74. The highest BCUT2D eigenvalue weighted by molar-refractivity contribution is 5.32. The van der Waals surface area contributed by atoms with Crippen LogP contribution in [0.25, 0.3) is 0 Å². The zero-order valence-corrected chi connectivity index (χ0v) is 12.6. The predicted octanol–water partition coefficient (Wildman–Crippen LogP) is 5.22. The van der Waals surface area contributed by atoms with Crippen LogP contribution in [-0.2, 0) is 5.41 Å². The van der Waals surface area contributed by atoms with Crippen molar-refractivity contribution in [1.29, 1.82) is 0 Å². The Morgan fingerprint density at radius 3 is 2.26 bits per heavy atom. The van der Waals surface area contributed by atoms with Gasteiger partial charge in [0.2, 0.25) is 0 Å². The van der Waals surface area contributed by atoms with Crippen molar-refractivity contribution >= 4 is 0 Å². The first-order chi connectivity index (χ1) is 9.10. The molecular formula is C18H26O. The van der Waals surface area contributed by atoms with E-state index in [4.69, 9.17) is 0 Å². The van der Waals surface area contributed by atoms with Gasteiger partial charge in [-0.15, -0.1) is 0 Å². The summed E-state index contributed by atoms with van der Waals surface area (Å²) in [6, 6.07) is 7.59. The molecule has 0 spiro atoms. The summed E-state index contributed by atoms with van der Waals surface area (Å²) in [6.07, 6.45) is 11.2. The van der Waals surface area contributed by atoms with E-state index in [-0.39, 0.29) is 5.41 Å². The Balaban J connectivity index is 0.000000861. The lowest BCUT2D eigenvalue weighted by Crippen LogP contribution is -2.26. The Bertz CT molecular complexity index is 424. The Morgan fingerprint density at radius 2 is 1.63 bits per heavy atom. The zero-order chi connectivity index (χ0) is 14.3. The van der Waals surface area contributed by atoms with Crippen LogP contribution in [-0.4, -0.2) is 5.11 Å². The normalized spacial score (nSPS) is 18.4. The van der Waals surface area contributed by atoms with Crippen molar-refractivity contribution in [3.8, 4) is 5.75 Å². The molecule has 1 N–H and O–H groups in total. The van der Waals surface area contributed by atoms with E-state index in [1.807, 2.05) is 26.0 Å². The molecule has 19 heavy (non-hydrogen) atoms. The second-order valence-electron chi connectivity index (χ2n) is 5.25. The summed E-state index contributed by atoms with van der Waals surface area (Å²) in [4.78, 5) is 0. The molecule has 104 valence electrons. The van der Waals surface area contributed by atoms with Crippen LogP contribution in [0.1, 0.15) is 46.1 Å². The number of phenols is 1. The minimum Gasteiger partial charge on any atom is -0.508 e. The van der Waals surface area contributed by atoms with Crippen LogP contribution in [0, 0.1) is 5.92 Å². The summed E-state index contributed by atoms with van der Waals surface area (Å²) in [5, 5.41) is 9.35. The van der Waals surface area contributed by atoms with Gasteiger partial charge in [-0.25, -0.2) is 0 Å². The predicted molar refractivity (Wildman–Crippen MR) is 83.5 cm³/mol. The van der Waals surface area contributed by atoms with Crippen LogP contribution in [0.4, 0.5) is 0 Å². The average Bonchev–Trinajstić information content (AvgIpc) is 2.71. The van der Waals surface area contributed by atoms with E-state index >= 15 is 0 Å². The van der Waals surface area contributed by atoms with Crippen molar-refractivity contribution in [1.82, 2.24) is 0 Å².